The first kappa shape index (κ1) is 23.6. The summed E-state index contributed by atoms with van der Waals surface area (Å²) in [6.45, 7) is 12.4. The summed E-state index contributed by atoms with van der Waals surface area (Å²) in [6, 6.07) is 13.9. The van der Waals surface area contributed by atoms with Gasteiger partial charge in [0.2, 0.25) is 0 Å². The van der Waals surface area contributed by atoms with E-state index in [4.69, 9.17) is 0 Å². The largest absolute Gasteiger partial charge is 0.347 e. The molecular weight excluding hydrogens is 404 g/mol. The van der Waals surface area contributed by atoms with E-state index in [1.54, 1.807) is 17.0 Å². The number of amides is 4. The van der Waals surface area contributed by atoms with E-state index in [9.17, 15) is 14.8 Å². The second kappa shape index (κ2) is 9.20. The minimum atomic E-state index is -0.907. The molecule has 0 spiro atoms. The van der Waals surface area contributed by atoms with Crippen molar-refractivity contribution in [1.29, 1.82) is 0 Å². The summed E-state index contributed by atoms with van der Waals surface area (Å²) in [5.41, 5.74) is 2.51. The molecule has 1 heterocycles. The molecule has 0 radical (unpaired) electrons. The van der Waals surface area contributed by atoms with Crippen LogP contribution in [-0.2, 0) is 0 Å². The first-order valence-corrected chi connectivity index (χ1v) is 11.1. The topological polar surface area (TPSA) is 76.1 Å². The zero-order chi connectivity index (χ0) is 23.6. The first-order chi connectivity index (χ1) is 15.0. The Labute approximate surface area is 190 Å². The molecule has 3 rings (SSSR count). The zero-order valence-corrected chi connectivity index (χ0v) is 19.8. The first-order valence-electron chi connectivity index (χ1n) is 11.1. The molecule has 172 valence electrons. The lowest BCUT2D eigenvalue weighted by Crippen LogP contribution is -2.58. The van der Waals surface area contributed by atoms with Crippen molar-refractivity contribution in [1.82, 2.24) is 9.96 Å². The summed E-state index contributed by atoms with van der Waals surface area (Å²) >= 11 is 0. The molecule has 1 unspecified atom stereocenters. The molecule has 1 aliphatic rings. The van der Waals surface area contributed by atoms with Crippen LogP contribution in [0.5, 0.6) is 0 Å². The molecule has 0 aliphatic carbocycles. The molecule has 2 aromatic rings. The Balaban J connectivity index is 1.95. The van der Waals surface area contributed by atoms with Crippen LogP contribution in [0.25, 0.3) is 0 Å². The molecule has 7 heteroatoms. The molecule has 4 amide bonds. The van der Waals surface area contributed by atoms with Crippen molar-refractivity contribution in [3.63, 3.8) is 0 Å². The van der Waals surface area contributed by atoms with Crippen molar-refractivity contribution in [3.8, 4) is 0 Å². The molecule has 2 aromatic carbocycles. The lowest BCUT2D eigenvalue weighted by atomic mass is 9.98. The highest BCUT2D eigenvalue weighted by molar-refractivity contribution is 5.98. The summed E-state index contributed by atoms with van der Waals surface area (Å²) < 4.78 is 0. The summed E-state index contributed by atoms with van der Waals surface area (Å²) in [6.07, 6.45) is -0.0831. The Morgan fingerprint density at radius 2 is 1.59 bits per heavy atom. The predicted octanol–water partition coefficient (Wildman–Crippen LogP) is 5.62. The summed E-state index contributed by atoms with van der Waals surface area (Å²) in [5.74, 6) is 0.417. The Kier molecular flexibility index (Phi) is 6.79. The van der Waals surface area contributed by atoms with Crippen LogP contribution in [0.4, 0.5) is 21.0 Å². The molecule has 1 saturated heterocycles. The van der Waals surface area contributed by atoms with Crippen LogP contribution >= 0.6 is 0 Å². The average Bonchev–Trinajstić information content (AvgIpc) is 2.93. The van der Waals surface area contributed by atoms with E-state index >= 15 is 0 Å². The van der Waals surface area contributed by atoms with E-state index in [0.717, 1.165) is 17.5 Å². The van der Waals surface area contributed by atoms with Crippen LogP contribution in [0.2, 0.25) is 0 Å². The third kappa shape index (κ3) is 4.72. The second-order valence-corrected chi connectivity index (χ2v) is 9.49. The highest BCUT2D eigenvalue weighted by Gasteiger charge is 2.55. The van der Waals surface area contributed by atoms with E-state index in [1.807, 2.05) is 64.1 Å². The van der Waals surface area contributed by atoms with Gasteiger partial charge < -0.3 is 10.2 Å². The van der Waals surface area contributed by atoms with Gasteiger partial charge in [0.15, 0.2) is 6.17 Å². The highest BCUT2D eigenvalue weighted by Crippen LogP contribution is 2.38. The molecule has 1 atom stereocenters. The number of nitrogens with one attached hydrogen (secondary N) is 1. The van der Waals surface area contributed by atoms with Crippen molar-refractivity contribution >= 4 is 23.4 Å². The maximum atomic E-state index is 13.5. The number of hydroxylamine groups is 2. The quantitative estimate of drug-likeness (QED) is 0.454. The standard InChI is InChI=1S/C25H34N4O3/c1-17(2)15-16-27-24(31)28(21-13-9-19(4)10-14-21)22(25(27,5)6)29(32)23(30)26-20-11-7-18(3)8-12-20/h7-14,17,22,32H,15-16H2,1-6H3,(H,26,30). The van der Waals surface area contributed by atoms with Gasteiger partial charge in [-0.15, -0.1) is 0 Å². The molecule has 0 aromatic heterocycles. The molecule has 7 nitrogen and oxygen atoms in total. The fourth-order valence-corrected chi connectivity index (χ4v) is 4.00. The summed E-state index contributed by atoms with van der Waals surface area (Å²) in [7, 11) is 0. The van der Waals surface area contributed by atoms with Crippen LogP contribution in [0.1, 0.15) is 45.2 Å². The Hall–Kier alpha value is -3.06. The zero-order valence-electron chi connectivity index (χ0n) is 19.8. The molecule has 1 fully saturated rings. The third-order valence-corrected chi connectivity index (χ3v) is 5.99. The van der Waals surface area contributed by atoms with E-state index in [1.165, 1.54) is 4.90 Å². The van der Waals surface area contributed by atoms with E-state index in [-0.39, 0.29) is 6.03 Å². The van der Waals surface area contributed by atoms with Crippen LogP contribution in [0.15, 0.2) is 48.5 Å². The summed E-state index contributed by atoms with van der Waals surface area (Å²) in [4.78, 5) is 29.8. The second-order valence-electron chi connectivity index (χ2n) is 9.49. The Morgan fingerprint density at radius 3 is 2.12 bits per heavy atom. The van der Waals surface area contributed by atoms with Crippen LogP contribution in [0.3, 0.4) is 0 Å². The van der Waals surface area contributed by atoms with Gasteiger partial charge in [-0.05, 0) is 64.3 Å². The molecule has 2 N–H and O–H groups in total. The maximum Gasteiger partial charge on any atom is 0.347 e. The van der Waals surface area contributed by atoms with Gasteiger partial charge in [-0.1, -0.05) is 49.2 Å². The average molecular weight is 439 g/mol. The van der Waals surface area contributed by atoms with Gasteiger partial charge in [0.25, 0.3) is 0 Å². The molecular formula is C25H34N4O3. The van der Waals surface area contributed by atoms with Crippen molar-refractivity contribution in [2.24, 2.45) is 5.92 Å². The number of rotatable bonds is 6. The van der Waals surface area contributed by atoms with Gasteiger partial charge in [0.1, 0.15) is 0 Å². The molecule has 0 saturated carbocycles. The number of aryl methyl sites for hydroxylation is 2. The minimum absolute atomic E-state index is 0.230. The number of urea groups is 2. The van der Waals surface area contributed by atoms with E-state index in [0.29, 0.717) is 28.9 Å². The number of carbonyl (C=O) groups is 2. The monoisotopic (exact) mass is 438 g/mol. The van der Waals surface area contributed by atoms with Crippen molar-refractivity contribution in [2.45, 2.75) is 59.7 Å². The number of hydrogen-bond donors (Lipinski definition) is 2. The van der Waals surface area contributed by atoms with Gasteiger partial charge in [0.05, 0.1) is 5.54 Å². The van der Waals surface area contributed by atoms with Gasteiger partial charge in [0, 0.05) is 17.9 Å². The van der Waals surface area contributed by atoms with Crippen molar-refractivity contribution < 1.29 is 14.8 Å². The Bertz CT molecular complexity index is 954. The minimum Gasteiger partial charge on any atom is -0.315 e. The normalized spacial score (nSPS) is 17.8. The van der Waals surface area contributed by atoms with Crippen LogP contribution in [-0.4, -0.2) is 45.5 Å². The van der Waals surface area contributed by atoms with Gasteiger partial charge in [-0.25, -0.2) is 9.59 Å². The number of nitrogens with zero attached hydrogens (tertiary/aromatic N) is 3. The fourth-order valence-electron chi connectivity index (χ4n) is 4.00. The van der Waals surface area contributed by atoms with Crippen LogP contribution in [0, 0.1) is 19.8 Å². The van der Waals surface area contributed by atoms with Crippen molar-refractivity contribution in [3.05, 3.63) is 59.7 Å². The predicted molar refractivity (Wildman–Crippen MR) is 127 cm³/mol. The third-order valence-electron chi connectivity index (χ3n) is 5.99. The van der Waals surface area contributed by atoms with Gasteiger partial charge in [-0.2, -0.15) is 5.06 Å². The smallest absolute Gasteiger partial charge is 0.315 e. The number of anilines is 2. The molecule has 0 bridgehead atoms. The Morgan fingerprint density at radius 1 is 1.06 bits per heavy atom. The maximum absolute atomic E-state index is 13.5. The summed E-state index contributed by atoms with van der Waals surface area (Å²) in [5, 5.41) is 14.4. The van der Waals surface area contributed by atoms with Crippen molar-refractivity contribution in [2.75, 3.05) is 16.8 Å². The number of hydrogen-bond acceptors (Lipinski definition) is 3. The van der Waals surface area contributed by atoms with Gasteiger partial charge in [-0.3, -0.25) is 10.1 Å². The molecule has 32 heavy (non-hydrogen) atoms. The highest BCUT2D eigenvalue weighted by atomic mass is 16.5. The lowest BCUT2D eigenvalue weighted by Gasteiger charge is -2.38. The van der Waals surface area contributed by atoms with Gasteiger partial charge >= 0.3 is 12.1 Å². The lowest BCUT2D eigenvalue weighted by molar-refractivity contribution is -0.0950. The number of carbonyl (C=O) groups excluding carboxylic acids is 2. The van der Waals surface area contributed by atoms with Crippen LogP contribution < -0.4 is 10.2 Å². The molecule has 1 aliphatic heterocycles. The SMILES string of the molecule is Cc1ccc(NC(=O)N(O)C2N(c3ccc(C)cc3)C(=O)N(CCC(C)C)C2(C)C)cc1. The number of benzene rings is 2. The van der Waals surface area contributed by atoms with E-state index in [2.05, 4.69) is 19.2 Å². The van der Waals surface area contributed by atoms with E-state index < -0.39 is 17.7 Å². The fraction of sp³-hybridized carbons (Fsp3) is 0.440.